The first-order valence-corrected chi connectivity index (χ1v) is 10.9. The summed E-state index contributed by atoms with van der Waals surface area (Å²) in [5.74, 6) is 0.850. The molecule has 1 amide bonds. The van der Waals surface area contributed by atoms with Crippen molar-refractivity contribution in [3.05, 3.63) is 100 Å². The van der Waals surface area contributed by atoms with Gasteiger partial charge in [-0.3, -0.25) is 9.78 Å². The number of pyridine rings is 1. The highest BCUT2D eigenvalue weighted by Gasteiger charge is 2.35. The van der Waals surface area contributed by atoms with Gasteiger partial charge in [0, 0.05) is 28.0 Å². The summed E-state index contributed by atoms with van der Waals surface area (Å²) >= 11 is 6.60. The van der Waals surface area contributed by atoms with Gasteiger partial charge in [-0.05, 0) is 38.1 Å². The highest BCUT2D eigenvalue weighted by atomic mass is 35.5. The fourth-order valence-electron chi connectivity index (χ4n) is 3.97. The van der Waals surface area contributed by atoms with E-state index in [1.165, 1.54) is 0 Å². The summed E-state index contributed by atoms with van der Waals surface area (Å²) in [5, 5.41) is 11.5. The average Bonchev–Trinajstić information content (AvgIpc) is 3.23. The number of aryl methyl sites for hydroxylation is 1. The molecule has 2 N–H and O–H groups in total. The Bertz CT molecular complexity index is 1380. The molecule has 7 nitrogen and oxygen atoms in total. The van der Waals surface area contributed by atoms with E-state index in [2.05, 4.69) is 15.6 Å². The van der Waals surface area contributed by atoms with Crippen LogP contribution in [0.25, 0.3) is 11.4 Å². The zero-order valence-electron chi connectivity index (χ0n) is 18.1. The van der Waals surface area contributed by atoms with Crippen LogP contribution in [0.2, 0.25) is 5.02 Å². The molecule has 1 atom stereocenters. The van der Waals surface area contributed by atoms with Crippen molar-refractivity contribution < 1.29 is 4.79 Å². The Balaban J connectivity index is 1.63. The number of hydrogen-bond donors (Lipinski definition) is 2. The Kier molecular flexibility index (Phi) is 5.40. The zero-order chi connectivity index (χ0) is 22.9. The van der Waals surface area contributed by atoms with E-state index in [1.54, 1.807) is 29.2 Å². The predicted molar refractivity (Wildman–Crippen MR) is 129 cm³/mol. The smallest absolute Gasteiger partial charge is 0.255 e. The van der Waals surface area contributed by atoms with Gasteiger partial charge in [-0.25, -0.2) is 4.68 Å². The van der Waals surface area contributed by atoms with Crippen molar-refractivity contribution in [3.8, 4) is 11.4 Å². The molecule has 0 saturated heterocycles. The van der Waals surface area contributed by atoms with Crippen molar-refractivity contribution in [3.63, 3.8) is 0 Å². The van der Waals surface area contributed by atoms with E-state index in [-0.39, 0.29) is 5.91 Å². The Morgan fingerprint density at radius 3 is 2.70 bits per heavy atom. The van der Waals surface area contributed by atoms with Crippen molar-refractivity contribution in [1.29, 1.82) is 0 Å². The number of aromatic nitrogens is 4. The molecule has 3 heterocycles. The molecule has 5 rings (SSSR count). The van der Waals surface area contributed by atoms with Crippen LogP contribution in [0.1, 0.15) is 24.1 Å². The van der Waals surface area contributed by atoms with E-state index in [1.807, 2.05) is 62.4 Å². The fourth-order valence-corrected chi connectivity index (χ4v) is 4.21. The molecule has 2 aromatic heterocycles. The van der Waals surface area contributed by atoms with Gasteiger partial charge in [-0.2, -0.15) is 4.98 Å². The van der Waals surface area contributed by atoms with Gasteiger partial charge in [0.25, 0.3) is 5.91 Å². The van der Waals surface area contributed by atoms with Gasteiger partial charge < -0.3 is 10.6 Å². The standard InChI is InChI=1S/C25H21ClN6O/c1-15-7-5-8-17(13-15)23-30-25-28-16(2)21(24(33)29-18-9-6-12-27-14-18)22(32(25)31-23)19-10-3-4-11-20(19)26/h3-14,22H,1-2H3,(H,29,33)(H,28,30,31)/t22-/m0/s1. The molecule has 1 aliphatic heterocycles. The van der Waals surface area contributed by atoms with Crippen molar-refractivity contribution in [2.24, 2.45) is 0 Å². The van der Waals surface area contributed by atoms with E-state index in [0.717, 1.165) is 16.7 Å². The van der Waals surface area contributed by atoms with Crippen molar-refractivity contribution >= 4 is 29.1 Å². The van der Waals surface area contributed by atoms with Crippen LogP contribution in [-0.4, -0.2) is 25.7 Å². The number of benzene rings is 2. The van der Waals surface area contributed by atoms with Crippen LogP contribution in [0, 0.1) is 6.92 Å². The summed E-state index contributed by atoms with van der Waals surface area (Å²) in [6.45, 7) is 3.88. The number of allylic oxidation sites excluding steroid dienone is 1. The molecule has 33 heavy (non-hydrogen) atoms. The van der Waals surface area contributed by atoms with Crippen LogP contribution in [0.15, 0.2) is 84.3 Å². The third-order valence-electron chi connectivity index (χ3n) is 5.49. The molecule has 1 aliphatic rings. The molecule has 0 radical (unpaired) electrons. The first-order chi connectivity index (χ1) is 16.0. The van der Waals surface area contributed by atoms with Gasteiger partial charge in [-0.1, -0.05) is 53.6 Å². The van der Waals surface area contributed by atoms with Gasteiger partial charge in [0.05, 0.1) is 17.5 Å². The number of carbonyl (C=O) groups excluding carboxylic acids is 1. The summed E-state index contributed by atoms with van der Waals surface area (Å²) in [6, 6.07) is 18.5. The molecule has 0 unspecified atom stereocenters. The summed E-state index contributed by atoms with van der Waals surface area (Å²) in [4.78, 5) is 22.3. The number of fused-ring (bicyclic) bond motifs is 1. The molecule has 0 spiro atoms. The lowest BCUT2D eigenvalue weighted by atomic mass is 9.95. The number of nitrogens with one attached hydrogen (secondary N) is 2. The van der Waals surface area contributed by atoms with Gasteiger partial charge >= 0.3 is 0 Å². The number of carbonyl (C=O) groups is 1. The van der Waals surface area contributed by atoms with Crippen LogP contribution >= 0.6 is 11.6 Å². The fraction of sp³-hybridized carbons (Fsp3) is 0.120. The van der Waals surface area contributed by atoms with E-state index in [4.69, 9.17) is 21.7 Å². The quantitative estimate of drug-likeness (QED) is 0.439. The van der Waals surface area contributed by atoms with Crippen LogP contribution in [0.3, 0.4) is 0 Å². The molecule has 4 aromatic rings. The lowest BCUT2D eigenvalue weighted by Crippen LogP contribution is -2.31. The molecular weight excluding hydrogens is 436 g/mol. The minimum Gasteiger partial charge on any atom is -0.328 e. The van der Waals surface area contributed by atoms with Crippen molar-refractivity contribution in [2.75, 3.05) is 10.6 Å². The van der Waals surface area contributed by atoms with Crippen molar-refractivity contribution in [2.45, 2.75) is 19.9 Å². The number of anilines is 2. The van der Waals surface area contributed by atoms with Crippen LogP contribution < -0.4 is 10.6 Å². The summed E-state index contributed by atoms with van der Waals surface area (Å²) in [7, 11) is 0. The highest BCUT2D eigenvalue weighted by molar-refractivity contribution is 6.31. The predicted octanol–water partition coefficient (Wildman–Crippen LogP) is 5.23. The topological polar surface area (TPSA) is 84.7 Å². The minimum atomic E-state index is -0.558. The highest BCUT2D eigenvalue weighted by Crippen LogP contribution is 2.39. The van der Waals surface area contributed by atoms with Crippen molar-refractivity contribution in [1.82, 2.24) is 19.7 Å². The maximum atomic E-state index is 13.5. The van der Waals surface area contributed by atoms with Crippen LogP contribution in [0.5, 0.6) is 0 Å². The Morgan fingerprint density at radius 2 is 1.94 bits per heavy atom. The SMILES string of the molecule is CC1=C(C(=O)Nc2cccnc2)[C@H](c2ccccc2Cl)n2nc(-c3cccc(C)c3)nc2N1. The van der Waals surface area contributed by atoms with Gasteiger partial charge in [-0.15, -0.1) is 5.10 Å². The first-order valence-electron chi connectivity index (χ1n) is 10.5. The molecule has 0 fully saturated rings. The average molecular weight is 457 g/mol. The molecule has 164 valence electrons. The van der Waals surface area contributed by atoms with Gasteiger partial charge in [0.2, 0.25) is 5.95 Å². The summed E-state index contributed by atoms with van der Waals surface area (Å²) in [6.07, 6.45) is 3.26. The second-order valence-corrected chi connectivity index (χ2v) is 8.26. The van der Waals surface area contributed by atoms with Crippen LogP contribution in [0.4, 0.5) is 11.6 Å². The molecular formula is C25H21ClN6O. The third kappa shape index (κ3) is 3.99. The maximum Gasteiger partial charge on any atom is 0.255 e. The second-order valence-electron chi connectivity index (χ2n) is 7.86. The van der Waals surface area contributed by atoms with E-state index < -0.39 is 6.04 Å². The largest absolute Gasteiger partial charge is 0.328 e. The zero-order valence-corrected chi connectivity index (χ0v) is 18.8. The number of rotatable bonds is 4. The van der Waals surface area contributed by atoms with E-state index in [9.17, 15) is 4.79 Å². The summed E-state index contributed by atoms with van der Waals surface area (Å²) < 4.78 is 1.73. The Morgan fingerprint density at radius 1 is 1.09 bits per heavy atom. The number of hydrogen-bond acceptors (Lipinski definition) is 5. The lowest BCUT2D eigenvalue weighted by molar-refractivity contribution is -0.113. The number of nitrogens with zero attached hydrogens (tertiary/aromatic N) is 4. The minimum absolute atomic E-state index is 0.267. The summed E-state index contributed by atoms with van der Waals surface area (Å²) in [5.41, 5.74) is 4.55. The number of halogens is 1. The van der Waals surface area contributed by atoms with E-state index in [0.29, 0.717) is 33.8 Å². The molecule has 0 saturated carbocycles. The monoisotopic (exact) mass is 456 g/mol. The van der Waals surface area contributed by atoms with Gasteiger partial charge in [0.15, 0.2) is 5.82 Å². The molecule has 0 aliphatic carbocycles. The first kappa shape index (κ1) is 20.9. The molecule has 8 heteroatoms. The lowest BCUT2D eigenvalue weighted by Gasteiger charge is -2.29. The maximum absolute atomic E-state index is 13.5. The van der Waals surface area contributed by atoms with Gasteiger partial charge in [0.1, 0.15) is 6.04 Å². The van der Waals surface area contributed by atoms with E-state index >= 15 is 0 Å². The molecule has 2 aromatic carbocycles. The number of amides is 1. The normalized spacial score (nSPS) is 15.1. The molecule has 0 bridgehead atoms. The third-order valence-corrected chi connectivity index (χ3v) is 5.84. The Hall–Kier alpha value is -3.97. The van der Waals surface area contributed by atoms with Crippen LogP contribution in [-0.2, 0) is 4.79 Å². The second kappa shape index (κ2) is 8.52. The Labute approximate surface area is 196 Å².